The molecule has 0 unspecified atom stereocenters. The van der Waals surface area contributed by atoms with Gasteiger partial charge in [0.1, 0.15) is 6.26 Å². The average Bonchev–Trinajstić information content (AvgIpc) is 2.71. The van der Waals surface area contributed by atoms with Gasteiger partial charge in [-0.05, 0) is 22.3 Å². The Labute approximate surface area is 99.2 Å². The highest BCUT2D eigenvalue weighted by molar-refractivity contribution is 6.00. The van der Waals surface area contributed by atoms with Crippen molar-refractivity contribution in [3.63, 3.8) is 0 Å². The van der Waals surface area contributed by atoms with Crippen molar-refractivity contribution >= 4 is 12.0 Å². The van der Waals surface area contributed by atoms with Crippen molar-refractivity contribution in [1.29, 1.82) is 0 Å². The zero-order valence-electron chi connectivity index (χ0n) is 9.09. The highest BCUT2D eigenvalue weighted by atomic mass is 16.5. The van der Waals surface area contributed by atoms with E-state index in [1.165, 1.54) is 17.4 Å². The summed E-state index contributed by atoms with van der Waals surface area (Å²) in [5.41, 5.74) is 5.54. The van der Waals surface area contributed by atoms with Crippen LogP contribution >= 0.6 is 0 Å². The molecule has 2 aromatic carbocycles. The summed E-state index contributed by atoms with van der Waals surface area (Å²) >= 11 is 0. The highest BCUT2D eigenvalue weighted by Gasteiger charge is 2.22. The molecular weight excluding hydrogens is 212 g/mol. The summed E-state index contributed by atoms with van der Waals surface area (Å²) in [6, 6.07) is 16.2. The second-order valence-corrected chi connectivity index (χ2v) is 3.86. The molecule has 0 aliphatic heterocycles. The lowest BCUT2D eigenvalue weighted by Crippen LogP contribution is -1.83. The summed E-state index contributed by atoms with van der Waals surface area (Å²) in [5.74, 6) is 0. The molecule has 2 heteroatoms. The average molecular weight is 222 g/mol. The Morgan fingerprint density at radius 1 is 0.765 bits per heavy atom. The molecular formula is C15H10O2. The zero-order valence-corrected chi connectivity index (χ0v) is 9.09. The number of ether oxygens (including phenoxy) is 1. The first kappa shape index (κ1) is 9.85. The predicted octanol–water partition coefficient (Wildman–Crippen LogP) is 3.23. The fourth-order valence-corrected chi connectivity index (χ4v) is 2.27. The van der Waals surface area contributed by atoms with Gasteiger partial charge in [0.2, 0.25) is 0 Å². The number of benzene rings is 2. The maximum Gasteiger partial charge on any atom is 0.297 e. The lowest BCUT2D eigenvalue weighted by molar-refractivity contribution is -0.123. The molecule has 0 heterocycles. The van der Waals surface area contributed by atoms with Crippen LogP contribution in [-0.4, -0.2) is 6.47 Å². The molecule has 2 aromatic rings. The summed E-state index contributed by atoms with van der Waals surface area (Å²) in [6.07, 6.45) is 1.51. The van der Waals surface area contributed by atoms with Crippen LogP contribution in [0.4, 0.5) is 0 Å². The predicted molar refractivity (Wildman–Crippen MR) is 66.1 cm³/mol. The minimum atomic E-state index is 0.441. The maximum absolute atomic E-state index is 10.3. The summed E-state index contributed by atoms with van der Waals surface area (Å²) < 4.78 is 4.79. The van der Waals surface area contributed by atoms with Crippen LogP contribution in [0.15, 0.2) is 54.8 Å². The molecule has 0 aromatic heterocycles. The zero-order chi connectivity index (χ0) is 11.7. The summed E-state index contributed by atoms with van der Waals surface area (Å²) in [7, 11) is 0. The van der Waals surface area contributed by atoms with E-state index in [2.05, 4.69) is 12.1 Å². The van der Waals surface area contributed by atoms with E-state index in [1.54, 1.807) is 0 Å². The number of carbonyl (C=O) groups is 1. The van der Waals surface area contributed by atoms with Crippen LogP contribution in [0.1, 0.15) is 11.1 Å². The Kier molecular flexibility index (Phi) is 2.26. The number of hydrogen-bond acceptors (Lipinski definition) is 2. The van der Waals surface area contributed by atoms with E-state index in [0.29, 0.717) is 6.47 Å². The van der Waals surface area contributed by atoms with Gasteiger partial charge >= 0.3 is 0 Å². The molecule has 82 valence electrons. The van der Waals surface area contributed by atoms with Crippen molar-refractivity contribution in [2.75, 3.05) is 0 Å². The van der Waals surface area contributed by atoms with Crippen LogP contribution in [0.25, 0.3) is 16.7 Å². The smallest absolute Gasteiger partial charge is 0.297 e. The third-order valence-corrected chi connectivity index (χ3v) is 2.97. The molecule has 17 heavy (non-hydrogen) atoms. The monoisotopic (exact) mass is 222 g/mol. The van der Waals surface area contributed by atoms with Gasteiger partial charge in [0, 0.05) is 5.57 Å². The van der Waals surface area contributed by atoms with E-state index in [1.807, 2.05) is 36.4 Å². The first-order chi connectivity index (χ1) is 8.42. The Morgan fingerprint density at radius 3 is 1.71 bits per heavy atom. The van der Waals surface area contributed by atoms with E-state index in [-0.39, 0.29) is 0 Å². The van der Waals surface area contributed by atoms with Crippen LogP contribution < -0.4 is 0 Å². The normalized spacial score (nSPS) is 11.6. The van der Waals surface area contributed by atoms with E-state index >= 15 is 0 Å². The van der Waals surface area contributed by atoms with Crippen molar-refractivity contribution < 1.29 is 9.53 Å². The molecule has 0 fully saturated rings. The minimum absolute atomic E-state index is 0.441. The number of hydrogen-bond donors (Lipinski definition) is 0. The lowest BCUT2D eigenvalue weighted by Gasteiger charge is -2.00. The molecule has 0 N–H and O–H groups in total. The molecule has 0 bridgehead atoms. The van der Waals surface area contributed by atoms with Crippen molar-refractivity contribution in [3.8, 4) is 11.1 Å². The van der Waals surface area contributed by atoms with Gasteiger partial charge in [0.25, 0.3) is 6.47 Å². The van der Waals surface area contributed by atoms with E-state index < -0.39 is 0 Å². The van der Waals surface area contributed by atoms with Crippen LogP contribution in [-0.2, 0) is 9.53 Å². The van der Waals surface area contributed by atoms with Gasteiger partial charge in [-0.3, -0.25) is 4.79 Å². The summed E-state index contributed by atoms with van der Waals surface area (Å²) in [5, 5.41) is 0. The van der Waals surface area contributed by atoms with Gasteiger partial charge in [-0.1, -0.05) is 48.5 Å². The fraction of sp³-hybridized carbons (Fsp3) is 0. The number of fused-ring (bicyclic) bond motifs is 3. The number of carbonyl (C=O) groups excluding carboxylic acids is 1. The second-order valence-electron chi connectivity index (χ2n) is 3.86. The maximum atomic E-state index is 10.3. The Bertz CT molecular complexity index is 564. The molecule has 0 amide bonds. The Balaban J connectivity index is 2.27. The largest absolute Gasteiger partial charge is 0.436 e. The van der Waals surface area contributed by atoms with Gasteiger partial charge in [0.15, 0.2) is 0 Å². The Hall–Kier alpha value is -2.35. The van der Waals surface area contributed by atoms with Crippen molar-refractivity contribution in [2.24, 2.45) is 0 Å². The fourth-order valence-electron chi connectivity index (χ4n) is 2.27. The first-order valence-corrected chi connectivity index (χ1v) is 5.40. The summed E-state index contributed by atoms with van der Waals surface area (Å²) in [6.45, 7) is 0.441. The van der Waals surface area contributed by atoms with Gasteiger partial charge in [-0.15, -0.1) is 0 Å². The molecule has 2 nitrogen and oxygen atoms in total. The van der Waals surface area contributed by atoms with E-state index in [0.717, 1.165) is 16.7 Å². The van der Waals surface area contributed by atoms with Gasteiger partial charge < -0.3 is 4.74 Å². The molecule has 0 atom stereocenters. The topological polar surface area (TPSA) is 26.3 Å². The number of rotatable bonds is 2. The molecule has 0 spiro atoms. The van der Waals surface area contributed by atoms with Gasteiger partial charge in [-0.2, -0.15) is 0 Å². The van der Waals surface area contributed by atoms with Gasteiger partial charge in [0.05, 0.1) is 0 Å². The van der Waals surface area contributed by atoms with E-state index in [9.17, 15) is 4.79 Å². The molecule has 0 saturated carbocycles. The van der Waals surface area contributed by atoms with Crippen molar-refractivity contribution in [1.82, 2.24) is 0 Å². The standard InChI is InChI=1S/C15H10O2/c16-10-17-9-15-13-7-3-1-5-11(13)12-6-2-4-8-14(12)15/h1-10H. The third-order valence-electron chi connectivity index (χ3n) is 2.97. The van der Waals surface area contributed by atoms with Crippen molar-refractivity contribution in [3.05, 3.63) is 65.9 Å². The van der Waals surface area contributed by atoms with Gasteiger partial charge in [-0.25, -0.2) is 0 Å². The Morgan fingerprint density at radius 2 is 1.24 bits per heavy atom. The first-order valence-electron chi connectivity index (χ1n) is 5.40. The minimum Gasteiger partial charge on any atom is -0.436 e. The highest BCUT2D eigenvalue weighted by Crippen LogP contribution is 2.43. The lowest BCUT2D eigenvalue weighted by atomic mass is 10.1. The summed E-state index contributed by atoms with van der Waals surface area (Å²) in [4.78, 5) is 10.3. The second kappa shape index (κ2) is 3.91. The van der Waals surface area contributed by atoms with Crippen LogP contribution in [0.5, 0.6) is 0 Å². The van der Waals surface area contributed by atoms with E-state index in [4.69, 9.17) is 4.74 Å². The molecule has 0 saturated heterocycles. The van der Waals surface area contributed by atoms with Crippen molar-refractivity contribution in [2.45, 2.75) is 0 Å². The molecule has 0 radical (unpaired) electrons. The third kappa shape index (κ3) is 1.46. The van der Waals surface area contributed by atoms with Crippen LogP contribution in [0.2, 0.25) is 0 Å². The van der Waals surface area contributed by atoms with Crippen LogP contribution in [0, 0.1) is 0 Å². The quantitative estimate of drug-likeness (QED) is 0.491. The SMILES string of the molecule is O=COC=C1c2ccccc2-c2ccccc21. The molecule has 3 rings (SSSR count). The molecule has 1 aliphatic rings. The van der Waals surface area contributed by atoms with Crippen LogP contribution in [0.3, 0.4) is 0 Å². The molecule has 1 aliphatic carbocycles.